The number of nitrogens with one attached hydrogen (secondary N) is 1. The van der Waals surface area contributed by atoms with Crippen LogP contribution in [0.4, 0.5) is 0 Å². The maximum Gasteiger partial charge on any atom is 0.243 e. The third kappa shape index (κ3) is 8.74. The summed E-state index contributed by atoms with van der Waals surface area (Å²) in [5, 5.41) is 4.71. The number of carbonyl (C=O) groups is 2. The first-order valence-corrected chi connectivity index (χ1v) is 14.0. The predicted octanol–water partition coefficient (Wildman–Crippen LogP) is 7.05. The molecule has 3 aromatic rings. The van der Waals surface area contributed by atoms with Crippen molar-refractivity contribution >= 4 is 58.4 Å². The quantitative estimate of drug-likeness (QED) is 0.257. The zero-order chi connectivity index (χ0) is 25.9. The van der Waals surface area contributed by atoms with Crippen LogP contribution in [0.3, 0.4) is 0 Å². The van der Waals surface area contributed by atoms with Gasteiger partial charge < -0.3 is 10.2 Å². The normalized spacial score (nSPS) is 11.7. The summed E-state index contributed by atoms with van der Waals surface area (Å²) < 4.78 is 0. The molecule has 1 atom stereocenters. The molecule has 36 heavy (non-hydrogen) atoms. The van der Waals surface area contributed by atoms with Crippen molar-refractivity contribution in [3.05, 3.63) is 105 Å². The predicted molar refractivity (Wildman–Crippen MR) is 152 cm³/mol. The minimum Gasteiger partial charge on any atom is -0.354 e. The molecule has 0 aliphatic heterocycles. The summed E-state index contributed by atoms with van der Waals surface area (Å²) in [5.41, 5.74) is 2.75. The van der Waals surface area contributed by atoms with Gasteiger partial charge in [0.2, 0.25) is 11.8 Å². The van der Waals surface area contributed by atoms with E-state index < -0.39 is 6.04 Å². The summed E-state index contributed by atoms with van der Waals surface area (Å²) in [6.07, 6.45) is 1.22. The second kappa shape index (κ2) is 14.5. The largest absolute Gasteiger partial charge is 0.354 e. The van der Waals surface area contributed by atoms with E-state index >= 15 is 0 Å². The first-order chi connectivity index (χ1) is 17.4. The maximum atomic E-state index is 13.6. The Balaban J connectivity index is 1.84. The van der Waals surface area contributed by atoms with Crippen molar-refractivity contribution in [3.63, 3.8) is 0 Å². The Morgan fingerprint density at radius 1 is 0.917 bits per heavy atom. The van der Waals surface area contributed by atoms with Gasteiger partial charge in [0.25, 0.3) is 0 Å². The smallest absolute Gasteiger partial charge is 0.243 e. The number of amides is 2. The fraction of sp³-hybridized carbons (Fsp3) is 0.286. The third-order valence-corrected chi connectivity index (χ3v) is 7.35. The lowest BCUT2D eigenvalue weighted by Crippen LogP contribution is -2.51. The lowest BCUT2D eigenvalue weighted by atomic mass is 10.0. The van der Waals surface area contributed by atoms with Crippen molar-refractivity contribution in [2.75, 3.05) is 12.3 Å². The molecule has 0 aromatic heterocycles. The van der Waals surface area contributed by atoms with Gasteiger partial charge in [0, 0.05) is 40.3 Å². The van der Waals surface area contributed by atoms with E-state index in [0.29, 0.717) is 33.8 Å². The van der Waals surface area contributed by atoms with Crippen molar-refractivity contribution in [2.24, 2.45) is 0 Å². The van der Waals surface area contributed by atoms with E-state index in [-0.39, 0.29) is 24.1 Å². The SMILES string of the molecule is CCCNC(=O)[C@@H](Cc1ccccc1)N(Cc1cccc(Cl)c1)C(=O)CSCc1ccc(Cl)cc1Cl. The topological polar surface area (TPSA) is 49.4 Å². The van der Waals surface area contributed by atoms with E-state index in [1.165, 1.54) is 11.8 Å². The number of hydrogen-bond acceptors (Lipinski definition) is 3. The van der Waals surface area contributed by atoms with Gasteiger partial charge in [-0.3, -0.25) is 9.59 Å². The van der Waals surface area contributed by atoms with E-state index in [1.807, 2.05) is 61.5 Å². The highest BCUT2D eigenvalue weighted by molar-refractivity contribution is 7.99. The summed E-state index contributed by atoms with van der Waals surface area (Å²) in [7, 11) is 0. The highest BCUT2D eigenvalue weighted by Gasteiger charge is 2.30. The number of halogens is 3. The molecule has 0 saturated heterocycles. The Hall–Kier alpha value is -2.18. The Bertz CT molecular complexity index is 1160. The van der Waals surface area contributed by atoms with Gasteiger partial charge in [-0.2, -0.15) is 0 Å². The molecule has 1 N–H and O–H groups in total. The van der Waals surface area contributed by atoms with Crippen LogP contribution >= 0.6 is 46.6 Å². The van der Waals surface area contributed by atoms with Crippen molar-refractivity contribution in [3.8, 4) is 0 Å². The van der Waals surface area contributed by atoms with Crippen molar-refractivity contribution in [1.29, 1.82) is 0 Å². The summed E-state index contributed by atoms with van der Waals surface area (Å²) in [6.45, 7) is 2.83. The Kier molecular flexibility index (Phi) is 11.5. The van der Waals surface area contributed by atoms with Crippen LogP contribution in [0.2, 0.25) is 15.1 Å². The molecule has 0 spiro atoms. The second-order valence-corrected chi connectivity index (χ2v) is 10.6. The summed E-state index contributed by atoms with van der Waals surface area (Å²) in [6, 6.07) is 21.8. The van der Waals surface area contributed by atoms with Gasteiger partial charge in [-0.15, -0.1) is 11.8 Å². The van der Waals surface area contributed by atoms with Crippen LogP contribution in [-0.2, 0) is 28.3 Å². The fourth-order valence-corrected chi connectivity index (χ4v) is 5.40. The monoisotopic (exact) mass is 562 g/mol. The molecule has 4 nitrogen and oxygen atoms in total. The Labute approximate surface area is 232 Å². The maximum absolute atomic E-state index is 13.6. The van der Waals surface area contributed by atoms with Crippen LogP contribution < -0.4 is 5.32 Å². The van der Waals surface area contributed by atoms with Crippen LogP contribution in [-0.4, -0.2) is 35.1 Å². The van der Waals surface area contributed by atoms with Crippen LogP contribution in [0.25, 0.3) is 0 Å². The molecule has 0 saturated carbocycles. The summed E-state index contributed by atoms with van der Waals surface area (Å²) >= 11 is 20.0. The molecule has 0 unspecified atom stereocenters. The van der Waals surface area contributed by atoms with E-state index in [4.69, 9.17) is 34.8 Å². The molecule has 190 valence electrons. The highest BCUT2D eigenvalue weighted by atomic mass is 35.5. The molecule has 0 fully saturated rings. The first-order valence-electron chi connectivity index (χ1n) is 11.7. The van der Waals surface area contributed by atoms with Crippen LogP contribution in [0, 0.1) is 0 Å². The van der Waals surface area contributed by atoms with Crippen molar-refractivity contribution in [1.82, 2.24) is 10.2 Å². The lowest BCUT2D eigenvalue weighted by molar-refractivity contribution is -0.139. The molecular formula is C28H29Cl3N2O2S. The van der Waals surface area contributed by atoms with E-state index in [0.717, 1.165) is 23.1 Å². The average Bonchev–Trinajstić information content (AvgIpc) is 2.86. The van der Waals surface area contributed by atoms with Gasteiger partial charge in [0.05, 0.1) is 5.75 Å². The van der Waals surface area contributed by atoms with E-state index in [9.17, 15) is 9.59 Å². The Morgan fingerprint density at radius 3 is 2.33 bits per heavy atom. The molecule has 0 radical (unpaired) electrons. The van der Waals surface area contributed by atoms with Gasteiger partial charge in [0.15, 0.2) is 0 Å². The van der Waals surface area contributed by atoms with Crippen LogP contribution in [0.5, 0.6) is 0 Å². The Morgan fingerprint density at radius 2 is 1.64 bits per heavy atom. The van der Waals surface area contributed by atoms with Crippen LogP contribution in [0.1, 0.15) is 30.0 Å². The number of benzene rings is 3. The summed E-state index contributed by atoms with van der Waals surface area (Å²) in [4.78, 5) is 28.6. The van der Waals surface area contributed by atoms with Gasteiger partial charge in [-0.25, -0.2) is 0 Å². The first kappa shape index (κ1) is 28.4. The highest BCUT2D eigenvalue weighted by Crippen LogP contribution is 2.25. The number of carbonyl (C=O) groups excluding carboxylic acids is 2. The van der Waals surface area contributed by atoms with E-state index in [1.54, 1.807) is 23.1 Å². The lowest BCUT2D eigenvalue weighted by Gasteiger charge is -2.31. The molecular weight excluding hydrogens is 535 g/mol. The minimum absolute atomic E-state index is 0.127. The van der Waals surface area contributed by atoms with Crippen molar-refractivity contribution in [2.45, 2.75) is 38.1 Å². The molecule has 0 bridgehead atoms. The van der Waals surface area contributed by atoms with Crippen molar-refractivity contribution < 1.29 is 9.59 Å². The number of nitrogens with zero attached hydrogens (tertiary/aromatic N) is 1. The minimum atomic E-state index is -0.662. The average molecular weight is 564 g/mol. The van der Waals surface area contributed by atoms with Gasteiger partial charge in [-0.05, 0) is 47.4 Å². The van der Waals surface area contributed by atoms with Gasteiger partial charge >= 0.3 is 0 Å². The summed E-state index contributed by atoms with van der Waals surface area (Å²) in [5.74, 6) is 0.462. The molecule has 3 aromatic carbocycles. The van der Waals surface area contributed by atoms with Gasteiger partial charge in [0.1, 0.15) is 6.04 Å². The molecule has 8 heteroatoms. The number of hydrogen-bond donors (Lipinski definition) is 1. The zero-order valence-electron chi connectivity index (χ0n) is 20.1. The van der Waals surface area contributed by atoms with Gasteiger partial charge in [-0.1, -0.05) is 90.3 Å². The molecule has 3 rings (SSSR count). The third-order valence-electron chi connectivity index (χ3n) is 5.56. The van der Waals surface area contributed by atoms with Crippen LogP contribution in [0.15, 0.2) is 72.8 Å². The molecule has 0 aliphatic carbocycles. The van der Waals surface area contributed by atoms with E-state index in [2.05, 4.69) is 5.32 Å². The standard InChI is InChI=1S/C28H29Cl3N2O2S/c1-2-13-32-28(35)26(15-20-7-4-3-5-8-20)33(17-21-9-6-10-23(29)14-21)27(34)19-36-18-22-11-12-24(30)16-25(22)31/h3-12,14,16,26H,2,13,15,17-19H2,1H3,(H,32,35)/t26-/m1/s1. The number of rotatable bonds is 12. The zero-order valence-corrected chi connectivity index (χ0v) is 23.1. The molecule has 0 heterocycles. The molecule has 2 amide bonds. The molecule has 0 aliphatic rings. The fourth-order valence-electron chi connectivity index (χ4n) is 3.72. The second-order valence-electron chi connectivity index (χ2n) is 8.38. The number of thioether (sulfide) groups is 1.